The van der Waals surface area contributed by atoms with Gasteiger partial charge in [-0.05, 0) is 38.0 Å². The highest BCUT2D eigenvalue weighted by Gasteiger charge is 2.44. The van der Waals surface area contributed by atoms with E-state index in [0.29, 0.717) is 12.0 Å². The first-order valence-electron chi connectivity index (χ1n) is 7.06. The van der Waals surface area contributed by atoms with Gasteiger partial charge in [0.15, 0.2) is 0 Å². The van der Waals surface area contributed by atoms with Gasteiger partial charge in [-0.3, -0.25) is 0 Å². The van der Waals surface area contributed by atoms with Gasteiger partial charge < -0.3 is 9.84 Å². The maximum atomic E-state index is 10.7. The van der Waals surface area contributed by atoms with E-state index in [4.69, 9.17) is 4.74 Å². The minimum absolute atomic E-state index is 0.341. The molecule has 1 aliphatic carbocycles. The van der Waals surface area contributed by atoms with Crippen LogP contribution in [0.25, 0.3) is 0 Å². The molecule has 1 aromatic heterocycles. The van der Waals surface area contributed by atoms with Gasteiger partial charge in [0, 0.05) is 24.6 Å². The van der Waals surface area contributed by atoms with Gasteiger partial charge in [-0.15, -0.1) is 0 Å². The summed E-state index contributed by atoms with van der Waals surface area (Å²) >= 11 is 0. The van der Waals surface area contributed by atoms with Crippen LogP contribution in [0.5, 0.6) is 0 Å². The predicted molar refractivity (Wildman–Crippen MR) is 73.6 cm³/mol. The Kier molecular flexibility index (Phi) is 4.21. The van der Waals surface area contributed by atoms with Crippen molar-refractivity contribution < 1.29 is 9.84 Å². The molecule has 19 heavy (non-hydrogen) atoms. The van der Waals surface area contributed by atoms with Crippen molar-refractivity contribution in [1.82, 2.24) is 9.97 Å². The highest BCUT2D eigenvalue weighted by atomic mass is 16.5. The van der Waals surface area contributed by atoms with E-state index in [-0.39, 0.29) is 0 Å². The molecule has 1 fully saturated rings. The van der Waals surface area contributed by atoms with Gasteiger partial charge in [0.25, 0.3) is 0 Å². The number of aromatic nitrogens is 2. The normalized spacial score (nSPS) is 22.9. The Bertz CT molecular complexity index is 396. The van der Waals surface area contributed by atoms with Crippen LogP contribution in [0.3, 0.4) is 0 Å². The molecule has 1 atom stereocenters. The third kappa shape index (κ3) is 3.12. The van der Waals surface area contributed by atoms with E-state index in [0.717, 1.165) is 31.2 Å². The van der Waals surface area contributed by atoms with Crippen molar-refractivity contribution in [3.8, 4) is 0 Å². The van der Waals surface area contributed by atoms with E-state index in [9.17, 15) is 5.11 Å². The minimum Gasteiger partial charge on any atom is -0.385 e. The van der Waals surface area contributed by atoms with Crippen molar-refractivity contribution in [3.05, 3.63) is 24.3 Å². The summed E-state index contributed by atoms with van der Waals surface area (Å²) in [5, 5.41) is 10.7. The summed E-state index contributed by atoms with van der Waals surface area (Å²) in [7, 11) is 0. The molecule has 0 bridgehead atoms. The molecule has 1 aliphatic rings. The fraction of sp³-hybridized carbons (Fsp3) is 0.733. The van der Waals surface area contributed by atoms with Gasteiger partial charge in [-0.2, -0.15) is 0 Å². The van der Waals surface area contributed by atoms with Crippen LogP contribution in [-0.2, 0) is 4.74 Å². The van der Waals surface area contributed by atoms with Crippen molar-refractivity contribution in [2.24, 2.45) is 5.41 Å². The van der Waals surface area contributed by atoms with Gasteiger partial charge in [-0.1, -0.05) is 13.8 Å². The summed E-state index contributed by atoms with van der Waals surface area (Å²) < 4.78 is 5.97. The first-order chi connectivity index (χ1) is 8.99. The zero-order valence-corrected chi connectivity index (χ0v) is 12.1. The van der Waals surface area contributed by atoms with Crippen LogP contribution in [0.15, 0.2) is 18.7 Å². The summed E-state index contributed by atoms with van der Waals surface area (Å²) in [6, 6.07) is 0. The molecule has 106 valence electrons. The van der Waals surface area contributed by atoms with Crippen molar-refractivity contribution in [2.75, 3.05) is 6.61 Å². The summed E-state index contributed by atoms with van der Waals surface area (Å²) in [4.78, 5) is 7.99. The molecule has 0 amide bonds. The maximum Gasteiger partial charge on any atom is 0.115 e. The van der Waals surface area contributed by atoms with Crippen LogP contribution in [0.2, 0.25) is 0 Å². The van der Waals surface area contributed by atoms with Crippen molar-refractivity contribution >= 4 is 0 Å². The van der Waals surface area contributed by atoms with Crippen LogP contribution < -0.4 is 0 Å². The Labute approximate surface area is 115 Å². The largest absolute Gasteiger partial charge is 0.385 e. The summed E-state index contributed by atoms with van der Waals surface area (Å²) in [6.45, 7) is 7.16. The lowest BCUT2D eigenvalue weighted by molar-refractivity contribution is -0.153. The smallest absolute Gasteiger partial charge is 0.115 e. The molecule has 1 aromatic rings. The standard InChI is InChI=1S/C15H24N2O2/c1-4-19-15(7-5-14(2,3)6-8-15)13(18)12-9-16-11-17-10-12/h9-11,13,18H,4-8H2,1-3H3. The monoisotopic (exact) mass is 264 g/mol. The Morgan fingerprint density at radius 1 is 1.21 bits per heavy atom. The molecule has 4 nitrogen and oxygen atoms in total. The number of nitrogens with zero attached hydrogens (tertiary/aromatic N) is 2. The molecule has 1 unspecified atom stereocenters. The zero-order valence-electron chi connectivity index (χ0n) is 12.1. The molecule has 1 heterocycles. The van der Waals surface area contributed by atoms with Crippen molar-refractivity contribution in [2.45, 2.75) is 58.2 Å². The Morgan fingerprint density at radius 3 is 2.32 bits per heavy atom. The highest BCUT2D eigenvalue weighted by molar-refractivity contribution is 5.13. The van der Waals surface area contributed by atoms with Gasteiger partial charge in [0.05, 0.1) is 5.60 Å². The number of hydrogen-bond acceptors (Lipinski definition) is 4. The SMILES string of the molecule is CCOC1(C(O)c2cncnc2)CCC(C)(C)CC1. The predicted octanol–water partition coefficient (Wildman–Crippen LogP) is 2.89. The average Bonchev–Trinajstić information content (AvgIpc) is 2.42. The summed E-state index contributed by atoms with van der Waals surface area (Å²) in [5.74, 6) is 0. The minimum atomic E-state index is -0.648. The molecule has 4 heteroatoms. The zero-order chi connectivity index (χ0) is 13.9. The van der Waals surface area contributed by atoms with E-state index < -0.39 is 11.7 Å². The van der Waals surface area contributed by atoms with E-state index in [1.807, 2.05) is 6.92 Å². The number of aliphatic hydroxyl groups is 1. The van der Waals surface area contributed by atoms with Crippen molar-refractivity contribution in [1.29, 1.82) is 0 Å². The summed E-state index contributed by atoms with van der Waals surface area (Å²) in [5.41, 5.74) is 0.610. The van der Waals surface area contributed by atoms with Gasteiger partial charge in [-0.25, -0.2) is 9.97 Å². The van der Waals surface area contributed by atoms with Crippen LogP contribution in [-0.4, -0.2) is 27.3 Å². The molecule has 1 N–H and O–H groups in total. The van der Waals surface area contributed by atoms with E-state index in [2.05, 4.69) is 23.8 Å². The van der Waals surface area contributed by atoms with E-state index in [1.54, 1.807) is 12.4 Å². The topological polar surface area (TPSA) is 55.2 Å². The number of ether oxygens (including phenoxy) is 1. The van der Waals surface area contributed by atoms with Gasteiger partial charge in [0.2, 0.25) is 0 Å². The first-order valence-corrected chi connectivity index (χ1v) is 7.06. The highest BCUT2D eigenvalue weighted by Crippen LogP contribution is 2.47. The third-order valence-electron chi connectivity index (χ3n) is 4.28. The molecule has 0 saturated heterocycles. The average molecular weight is 264 g/mol. The Morgan fingerprint density at radius 2 is 1.79 bits per heavy atom. The molecule has 0 aliphatic heterocycles. The van der Waals surface area contributed by atoms with E-state index in [1.165, 1.54) is 6.33 Å². The number of aliphatic hydroxyl groups excluding tert-OH is 1. The second kappa shape index (κ2) is 5.55. The lowest BCUT2D eigenvalue weighted by Crippen LogP contribution is -2.44. The second-order valence-corrected chi connectivity index (χ2v) is 6.24. The number of rotatable bonds is 4. The first kappa shape index (κ1) is 14.4. The van der Waals surface area contributed by atoms with E-state index >= 15 is 0 Å². The fourth-order valence-electron chi connectivity index (χ4n) is 2.89. The Balaban J connectivity index is 2.20. The third-order valence-corrected chi connectivity index (χ3v) is 4.28. The molecule has 1 saturated carbocycles. The van der Waals surface area contributed by atoms with Crippen molar-refractivity contribution in [3.63, 3.8) is 0 Å². The summed E-state index contributed by atoms with van der Waals surface area (Å²) in [6.07, 6.45) is 8.08. The molecule has 0 radical (unpaired) electrons. The maximum absolute atomic E-state index is 10.7. The van der Waals surface area contributed by atoms with Crippen LogP contribution in [0.1, 0.15) is 58.1 Å². The molecule has 0 spiro atoms. The van der Waals surface area contributed by atoms with Gasteiger partial charge >= 0.3 is 0 Å². The second-order valence-electron chi connectivity index (χ2n) is 6.24. The lowest BCUT2D eigenvalue weighted by atomic mass is 9.68. The van der Waals surface area contributed by atoms with Crippen LogP contribution in [0.4, 0.5) is 0 Å². The molecule has 2 rings (SSSR count). The Hall–Kier alpha value is -1.00. The van der Waals surface area contributed by atoms with Crippen LogP contribution in [0, 0.1) is 5.41 Å². The fourth-order valence-corrected chi connectivity index (χ4v) is 2.89. The molecular weight excluding hydrogens is 240 g/mol. The quantitative estimate of drug-likeness (QED) is 0.908. The molecule has 0 aromatic carbocycles. The number of hydrogen-bond donors (Lipinski definition) is 1. The lowest BCUT2D eigenvalue weighted by Gasteiger charge is -2.45. The van der Waals surface area contributed by atoms with Gasteiger partial charge in [0.1, 0.15) is 12.4 Å². The van der Waals surface area contributed by atoms with Crippen LogP contribution >= 0.6 is 0 Å². The molecular formula is C15H24N2O2.